The molecule has 120 valence electrons. The van der Waals surface area contributed by atoms with Gasteiger partial charge >= 0.3 is 0 Å². The lowest BCUT2D eigenvalue weighted by molar-refractivity contribution is 0.0846. The molecule has 0 aromatic heterocycles. The number of methoxy groups -OCH3 is 2. The normalized spacial score (nSPS) is 9.87. The zero-order valence-electron chi connectivity index (χ0n) is 12.6. The zero-order valence-corrected chi connectivity index (χ0v) is 14.1. The highest BCUT2D eigenvalue weighted by Gasteiger charge is 2.12. The summed E-state index contributed by atoms with van der Waals surface area (Å²) in [6.45, 7) is 0. The topological polar surface area (TPSA) is 76.7 Å². The molecule has 0 bridgehead atoms. The van der Waals surface area contributed by atoms with Crippen molar-refractivity contribution in [2.75, 3.05) is 14.2 Å². The molecule has 7 heteroatoms. The van der Waals surface area contributed by atoms with E-state index in [4.69, 9.17) is 9.47 Å². The molecule has 6 nitrogen and oxygen atoms in total. The number of hydrogen-bond acceptors (Lipinski definition) is 4. The second-order valence-electron chi connectivity index (χ2n) is 4.48. The molecule has 0 saturated carbocycles. The first kappa shape index (κ1) is 16.8. The number of amides is 2. The number of halogens is 1. The Morgan fingerprint density at radius 1 is 0.826 bits per heavy atom. The fourth-order valence-electron chi connectivity index (χ4n) is 1.84. The van der Waals surface area contributed by atoms with Crippen LogP contribution in [0.2, 0.25) is 0 Å². The molecule has 0 aliphatic rings. The second kappa shape index (κ2) is 7.64. The Bertz CT molecular complexity index is 717. The molecule has 0 aliphatic carbocycles. The van der Waals surface area contributed by atoms with Crippen LogP contribution in [0.25, 0.3) is 0 Å². The van der Waals surface area contributed by atoms with Gasteiger partial charge in [-0.2, -0.15) is 0 Å². The second-order valence-corrected chi connectivity index (χ2v) is 5.40. The van der Waals surface area contributed by atoms with Crippen LogP contribution in [0.5, 0.6) is 11.5 Å². The number of ether oxygens (including phenoxy) is 2. The molecular weight excluding hydrogens is 364 g/mol. The van der Waals surface area contributed by atoms with Gasteiger partial charge in [-0.25, -0.2) is 0 Å². The van der Waals surface area contributed by atoms with E-state index in [2.05, 4.69) is 26.8 Å². The van der Waals surface area contributed by atoms with Gasteiger partial charge in [-0.1, -0.05) is 15.9 Å². The summed E-state index contributed by atoms with van der Waals surface area (Å²) in [6, 6.07) is 11.5. The van der Waals surface area contributed by atoms with Gasteiger partial charge in [0.05, 0.1) is 14.2 Å². The fraction of sp³-hybridized carbons (Fsp3) is 0.125. The van der Waals surface area contributed by atoms with Crippen molar-refractivity contribution >= 4 is 27.7 Å². The lowest BCUT2D eigenvalue weighted by Crippen LogP contribution is -2.41. The van der Waals surface area contributed by atoms with Gasteiger partial charge in [-0.15, -0.1) is 0 Å². The maximum atomic E-state index is 12.1. The highest BCUT2D eigenvalue weighted by molar-refractivity contribution is 9.10. The summed E-state index contributed by atoms with van der Waals surface area (Å²) in [6.07, 6.45) is 0. The molecule has 0 aliphatic heterocycles. The molecular formula is C16H15BrN2O4. The van der Waals surface area contributed by atoms with Crippen molar-refractivity contribution in [1.82, 2.24) is 10.9 Å². The Kier molecular flexibility index (Phi) is 5.59. The SMILES string of the molecule is COc1ccc(C(=O)NNC(=O)c2ccc(Br)cc2)cc1OC. The van der Waals surface area contributed by atoms with Gasteiger partial charge in [0.15, 0.2) is 11.5 Å². The number of benzene rings is 2. The summed E-state index contributed by atoms with van der Waals surface area (Å²) in [5.74, 6) is 0.0741. The highest BCUT2D eigenvalue weighted by atomic mass is 79.9. The first-order valence-corrected chi connectivity index (χ1v) is 7.42. The largest absolute Gasteiger partial charge is 0.493 e. The molecule has 2 rings (SSSR count). The van der Waals surface area contributed by atoms with Crippen LogP contribution in [0.1, 0.15) is 20.7 Å². The van der Waals surface area contributed by atoms with E-state index in [0.717, 1.165) is 4.47 Å². The molecule has 2 amide bonds. The van der Waals surface area contributed by atoms with Crippen molar-refractivity contribution in [3.63, 3.8) is 0 Å². The summed E-state index contributed by atoms with van der Waals surface area (Å²) < 4.78 is 11.1. The van der Waals surface area contributed by atoms with E-state index in [1.54, 1.807) is 36.4 Å². The third kappa shape index (κ3) is 4.23. The van der Waals surface area contributed by atoms with Crippen molar-refractivity contribution in [3.8, 4) is 11.5 Å². The lowest BCUT2D eigenvalue weighted by atomic mass is 10.2. The lowest BCUT2D eigenvalue weighted by Gasteiger charge is -2.10. The van der Waals surface area contributed by atoms with Crippen molar-refractivity contribution in [2.45, 2.75) is 0 Å². The van der Waals surface area contributed by atoms with E-state index in [1.165, 1.54) is 20.3 Å². The number of nitrogens with one attached hydrogen (secondary N) is 2. The minimum atomic E-state index is -0.462. The molecule has 0 unspecified atom stereocenters. The first-order chi connectivity index (χ1) is 11.0. The number of rotatable bonds is 4. The zero-order chi connectivity index (χ0) is 16.8. The van der Waals surface area contributed by atoms with E-state index in [9.17, 15) is 9.59 Å². The van der Waals surface area contributed by atoms with Gasteiger partial charge in [0, 0.05) is 15.6 Å². The van der Waals surface area contributed by atoms with E-state index in [-0.39, 0.29) is 0 Å². The minimum Gasteiger partial charge on any atom is -0.493 e. The monoisotopic (exact) mass is 378 g/mol. The fourth-order valence-corrected chi connectivity index (χ4v) is 2.10. The summed E-state index contributed by atoms with van der Waals surface area (Å²) >= 11 is 3.29. The molecule has 23 heavy (non-hydrogen) atoms. The van der Waals surface area contributed by atoms with Crippen LogP contribution in [0.15, 0.2) is 46.9 Å². The molecule has 0 radical (unpaired) electrons. The van der Waals surface area contributed by atoms with Crippen LogP contribution < -0.4 is 20.3 Å². The standard InChI is InChI=1S/C16H15BrN2O4/c1-22-13-8-5-11(9-14(13)23-2)16(21)19-18-15(20)10-3-6-12(17)7-4-10/h3-9H,1-2H3,(H,18,20)(H,19,21). The Morgan fingerprint density at radius 2 is 1.35 bits per heavy atom. The Hall–Kier alpha value is -2.54. The maximum absolute atomic E-state index is 12.1. The molecule has 2 N–H and O–H groups in total. The number of carbonyl (C=O) groups excluding carboxylic acids is 2. The van der Waals surface area contributed by atoms with Crippen LogP contribution in [0, 0.1) is 0 Å². The number of carbonyl (C=O) groups is 2. The van der Waals surface area contributed by atoms with Crippen LogP contribution in [-0.4, -0.2) is 26.0 Å². The quantitative estimate of drug-likeness (QED) is 0.801. The van der Waals surface area contributed by atoms with Crippen LogP contribution in [0.3, 0.4) is 0 Å². The van der Waals surface area contributed by atoms with Gasteiger partial charge in [0.2, 0.25) is 0 Å². The van der Waals surface area contributed by atoms with Crippen molar-refractivity contribution in [2.24, 2.45) is 0 Å². The Morgan fingerprint density at radius 3 is 1.91 bits per heavy atom. The van der Waals surface area contributed by atoms with Crippen molar-refractivity contribution in [1.29, 1.82) is 0 Å². The van der Waals surface area contributed by atoms with Gasteiger partial charge in [-0.3, -0.25) is 20.4 Å². The van der Waals surface area contributed by atoms with Crippen molar-refractivity contribution in [3.05, 3.63) is 58.1 Å². The molecule has 2 aromatic carbocycles. The van der Waals surface area contributed by atoms with E-state index in [0.29, 0.717) is 22.6 Å². The average molecular weight is 379 g/mol. The summed E-state index contributed by atoms with van der Waals surface area (Å²) in [7, 11) is 2.99. The predicted octanol–water partition coefficient (Wildman–Crippen LogP) is 2.54. The summed E-state index contributed by atoms with van der Waals surface area (Å²) in [5.41, 5.74) is 5.47. The molecule has 0 saturated heterocycles. The van der Waals surface area contributed by atoms with E-state index >= 15 is 0 Å². The van der Waals surface area contributed by atoms with Gasteiger partial charge in [-0.05, 0) is 42.5 Å². The molecule has 0 spiro atoms. The highest BCUT2D eigenvalue weighted by Crippen LogP contribution is 2.27. The molecule has 0 heterocycles. The van der Waals surface area contributed by atoms with Gasteiger partial charge in [0.1, 0.15) is 0 Å². The molecule has 0 atom stereocenters. The van der Waals surface area contributed by atoms with Crippen LogP contribution in [0.4, 0.5) is 0 Å². The van der Waals surface area contributed by atoms with E-state index in [1.807, 2.05) is 0 Å². The summed E-state index contributed by atoms with van der Waals surface area (Å²) in [5, 5.41) is 0. The summed E-state index contributed by atoms with van der Waals surface area (Å²) in [4.78, 5) is 24.0. The number of hydrogen-bond donors (Lipinski definition) is 2. The van der Waals surface area contributed by atoms with Crippen LogP contribution >= 0.6 is 15.9 Å². The van der Waals surface area contributed by atoms with E-state index < -0.39 is 11.8 Å². The average Bonchev–Trinajstić information content (AvgIpc) is 2.59. The minimum absolute atomic E-state index is 0.332. The maximum Gasteiger partial charge on any atom is 0.269 e. The third-order valence-electron chi connectivity index (χ3n) is 3.04. The third-order valence-corrected chi connectivity index (χ3v) is 3.57. The smallest absolute Gasteiger partial charge is 0.269 e. The predicted molar refractivity (Wildman–Crippen MR) is 88.6 cm³/mol. The van der Waals surface area contributed by atoms with Crippen LogP contribution in [-0.2, 0) is 0 Å². The van der Waals surface area contributed by atoms with Gasteiger partial charge in [0.25, 0.3) is 11.8 Å². The Labute approximate surface area is 141 Å². The Balaban J connectivity index is 2.02. The molecule has 0 fully saturated rings. The first-order valence-electron chi connectivity index (χ1n) is 6.63. The molecule has 2 aromatic rings. The van der Waals surface area contributed by atoms with Crippen molar-refractivity contribution < 1.29 is 19.1 Å². The van der Waals surface area contributed by atoms with Gasteiger partial charge < -0.3 is 9.47 Å². The number of hydrazine groups is 1.